The molecule has 104 valence electrons. The SMILES string of the molecule is CSC1CCCC(N2CCNC(C)(C3CC3)C2)C1. The Labute approximate surface area is 116 Å². The van der Waals surface area contributed by atoms with Gasteiger partial charge in [-0.3, -0.25) is 4.90 Å². The molecular formula is C15H28N2S. The van der Waals surface area contributed by atoms with Gasteiger partial charge in [0.05, 0.1) is 0 Å². The van der Waals surface area contributed by atoms with Gasteiger partial charge in [-0.05, 0) is 51.2 Å². The molecular weight excluding hydrogens is 240 g/mol. The third-order valence-electron chi connectivity index (χ3n) is 5.39. The summed E-state index contributed by atoms with van der Waals surface area (Å²) in [6.45, 7) is 6.23. The summed E-state index contributed by atoms with van der Waals surface area (Å²) in [7, 11) is 0. The first-order valence-corrected chi connectivity index (χ1v) is 9.02. The fourth-order valence-electron chi connectivity index (χ4n) is 4.01. The zero-order valence-corrected chi connectivity index (χ0v) is 12.8. The molecule has 0 aromatic heterocycles. The maximum absolute atomic E-state index is 3.80. The number of thioether (sulfide) groups is 1. The lowest BCUT2D eigenvalue weighted by Gasteiger charge is -2.47. The largest absolute Gasteiger partial charge is 0.309 e. The van der Waals surface area contributed by atoms with Gasteiger partial charge in [0.25, 0.3) is 0 Å². The molecule has 0 bridgehead atoms. The zero-order valence-electron chi connectivity index (χ0n) is 12.0. The first-order valence-electron chi connectivity index (χ1n) is 7.73. The number of nitrogens with one attached hydrogen (secondary N) is 1. The summed E-state index contributed by atoms with van der Waals surface area (Å²) in [5.74, 6) is 0.959. The van der Waals surface area contributed by atoms with E-state index in [0.717, 1.165) is 17.2 Å². The summed E-state index contributed by atoms with van der Waals surface area (Å²) < 4.78 is 0. The average molecular weight is 268 g/mol. The second-order valence-electron chi connectivity index (χ2n) is 6.77. The van der Waals surface area contributed by atoms with Crippen LogP contribution in [0, 0.1) is 5.92 Å². The molecule has 0 radical (unpaired) electrons. The molecule has 3 fully saturated rings. The van der Waals surface area contributed by atoms with Gasteiger partial charge in [0.1, 0.15) is 0 Å². The normalized spacial score (nSPS) is 43.0. The average Bonchev–Trinajstić information content (AvgIpc) is 3.24. The van der Waals surface area contributed by atoms with Gasteiger partial charge in [0.2, 0.25) is 0 Å². The van der Waals surface area contributed by atoms with Crippen LogP contribution in [-0.4, -0.2) is 47.6 Å². The molecule has 2 nitrogen and oxygen atoms in total. The molecule has 3 aliphatic rings. The van der Waals surface area contributed by atoms with E-state index < -0.39 is 0 Å². The Kier molecular flexibility index (Phi) is 3.93. The molecule has 3 atom stereocenters. The van der Waals surface area contributed by atoms with Gasteiger partial charge < -0.3 is 5.32 Å². The molecule has 0 amide bonds. The molecule has 3 heteroatoms. The van der Waals surface area contributed by atoms with Gasteiger partial charge in [-0.1, -0.05) is 6.42 Å². The van der Waals surface area contributed by atoms with E-state index in [4.69, 9.17) is 0 Å². The van der Waals surface area contributed by atoms with Crippen molar-refractivity contribution in [3.63, 3.8) is 0 Å². The van der Waals surface area contributed by atoms with Gasteiger partial charge in [-0.15, -0.1) is 0 Å². The van der Waals surface area contributed by atoms with Crippen molar-refractivity contribution in [2.75, 3.05) is 25.9 Å². The highest BCUT2D eigenvalue weighted by atomic mass is 32.2. The number of rotatable bonds is 3. The Morgan fingerprint density at radius 2 is 2.06 bits per heavy atom. The van der Waals surface area contributed by atoms with Gasteiger partial charge in [-0.2, -0.15) is 11.8 Å². The van der Waals surface area contributed by atoms with Crippen LogP contribution in [0.25, 0.3) is 0 Å². The lowest BCUT2D eigenvalue weighted by Crippen LogP contribution is -2.62. The summed E-state index contributed by atoms with van der Waals surface area (Å²) in [5.41, 5.74) is 0.421. The van der Waals surface area contributed by atoms with E-state index in [-0.39, 0.29) is 0 Å². The van der Waals surface area contributed by atoms with Crippen molar-refractivity contribution < 1.29 is 0 Å². The summed E-state index contributed by atoms with van der Waals surface area (Å²) in [6.07, 6.45) is 11.0. The van der Waals surface area contributed by atoms with Gasteiger partial charge in [0, 0.05) is 36.5 Å². The highest BCUT2D eigenvalue weighted by Gasteiger charge is 2.45. The van der Waals surface area contributed by atoms with Gasteiger partial charge in [-0.25, -0.2) is 0 Å². The summed E-state index contributed by atoms with van der Waals surface area (Å²) in [6, 6.07) is 0.872. The standard InChI is InChI=1S/C15H28N2S/c1-15(12-6-7-12)11-17(9-8-16-15)13-4-3-5-14(10-13)18-2/h12-14,16H,3-11H2,1-2H3. The predicted molar refractivity (Wildman–Crippen MR) is 80.3 cm³/mol. The fourth-order valence-corrected chi connectivity index (χ4v) is 4.83. The highest BCUT2D eigenvalue weighted by molar-refractivity contribution is 7.99. The van der Waals surface area contributed by atoms with E-state index in [1.807, 2.05) is 0 Å². The van der Waals surface area contributed by atoms with E-state index in [0.29, 0.717) is 5.54 Å². The maximum Gasteiger partial charge on any atom is 0.0309 e. The van der Waals surface area contributed by atoms with Crippen molar-refractivity contribution in [3.05, 3.63) is 0 Å². The van der Waals surface area contributed by atoms with Crippen LogP contribution in [0.5, 0.6) is 0 Å². The van der Waals surface area contributed by atoms with Crippen LogP contribution in [0.1, 0.15) is 45.4 Å². The Bertz CT molecular complexity index is 292. The van der Waals surface area contributed by atoms with Crippen LogP contribution in [-0.2, 0) is 0 Å². The van der Waals surface area contributed by atoms with E-state index in [1.54, 1.807) is 0 Å². The Hall–Kier alpha value is 0.270. The topological polar surface area (TPSA) is 15.3 Å². The molecule has 1 N–H and O–H groups in total. The third kappa shape index (κ3) is 2.73. The van der Waals surface area contributed by atoms with Crippen LogP contribution in [0.3, 0.4) is 0 Å². The molecule has 3 unspecified atom stereocenters. The van der Waals surface area contributed by atoms with Crippen molar-refractivity contribution in [1.29, 1.82) is 0 Å². The van der Waals surface area contributed by atoms with E-state index in [9.17, 15) is 0 Å². The van der Waals surface area contributed by atoms with E-state index in [2.05, 4.69) is 35.2 Å². The van der Waals surface area contributed by atoms with Crippen LogP contribution >= 0.6 is 11.8 Å². The minimum absolute atomic E-state index is 0.421. The van der Waals surface area contributed by atoms with E-state index in [1.165, 1.54) is 58.2 Å². The maximum atomic E-state index is 3.80. The van der Waals surface area contributed by atoms with E-state index >= 15 is 0 Å². The minimum Gasteiger partial charge on any atom is -0.309 e. The Morgan fingerprint density at radius 3 is 2.78 bits per heavy atom. The van der Waals surface area contributed by atoms with Crippen molar-refractivity contribution in [1.82, 2.24) is 10.2 Å². The molecule has 0 spiro atoms. The lowest BCUT2D eigenvalue weighted by atomic mass is 9.88. The third-order valence-corrected chi connectivity index (χ3v) is 6.48. The summed E-state index contributed by atoms with van der Waals surface area (Å²) in [4.78, 5) is 2.82. The predicted octanol–water partition coefficient (Wildman–Crippen LogP) is 2.73. The fraction of sp³-hybridized carbons (Fsp3) is 1.00. The van der Waals surface area contributed by atoms with Crippen LogP contribution in [0.4, 0.5) is 0 Å². The van der Waals surface area contributed by atoms with Crippen molar-refractivity contribution in [2.45, 2.75) is 62.3 Å². The van der Waals surface area contributed by atoms with Gasteiger partial charge in [0.15, 0.2) is 0 Å². The first-order chi connectivity index (χ1) is 8.71. The molecule has 0 aromatic rings. The quantitative estimate of drug-likeness (QED) is 0.847. The number of hydrogen-bond donors (Lipinski definition) is 1. The second-order valence-corrected chi connectivity index (χ2v) is 7.91. The molecule has 1 saturated heterocycles. The van der Waals surface area contributed by atoms with Crippen molar-refractivity contribution in [2.24, 2.45) is 5.92 Å². The number of nitrogens with zero attached hydrogens (tertiary/aromatic N) is 1. The number of piperazine rings is 1. The molecule has 1 heterocycles. The van der Waals surface area contributed by atoms with Crippen molar-refractivity contribution in [3.8, 4) is 0 Å². The Morgan fingerprint density at radius 1 is 1.22 bits per heavy atom. The van der Waals surface area contributed by atoms with Gasteiger partial charge >= 0.3 is 0 Å². The molecule has 1 aliphatic heterocycles. The van der Waals surface area contributed by atoms with Crippen LogP contribution < -0.4 is 5.32 Å². The smallest absolute Gasteiger partial charge is 0.0309 e. The molecule has 0 aromatic carbocycles. The minimum atomic E-state index is 0.421. The van der Waals surface area contributed by atoms with Crippen molar-refractivity contribution >= 4 is 11.8 Å². The number of hydrogen-bond acceptors (Lipinski definition) is 3. The molecule has 2 saturated carbocycles. The monoisotopic (exact) mass is 268 g/mol. The molecule has 3 rings (SSSR count). The molecule has 18 heavy (non-hydrogen) atoms. The second kappa shape index (κ2) is 5.34. The first kappa shape index (κ1) is 13.3. The highest BCUT2D eigenvalue weighted by Crippen LogP contribution is 2.41. The van der Waals surface area contributed by atoms with Crippen LogP contribution in [0.2, 0.25) is 0 Å². The zero-order chi connectivity index (χ0) is 12.6. The molecule has 2 aliphatic carbocycles. The summed E-state index contributed by atoms with van der Waals surface area (Å²) in [5, 5.41) is 4.73. The lowest BCUT2D eigenvalue weighted by molar-refractivity contribution is 0.0721. The Balaban J connectivity index is 1.61. The van der Waals surface area contributed by atoms with Crippen LogP contribution in [0.15, 0.2) is 0 Å². The summed E-state index contributed by atoms with van der Waals surface area (Å²) >= 11 is 2.09.